The van der Waals surface area contributed by atoms with Gasteiger partial charge in [0, 0.05) is 38.3 Å². The average molecular weight is 583 g/mol. The third-order valence-electron chi connectivity index (χ3n) is 6.64. The second-order valence-electron chi connectivity index (χ2n) is 9.79. The predicted molar refractivity (Wildman–Crippen MR) is 148 cm³/mol. The molecule has 2 aliphatic rings. The number of rotatable bonds is 14. The lowest BCUT2D eigenvalue weighted by Crippen LogP contribution is -2.49. The Morgan fingerprint density at radius 3 is 2.72 bits per heavy atom. The van der Waals surface area contributed by atoms with E-state index in [4.69, 9.17) is 35.1 Å². The van der Waals surface area contributed by atoms with Crippen LogP contribution < -0.4 is 5.32 Å². The van der Waals surface area contributed by atoms with E-state index in [0.29, 0.717) is 60.7 Å². The third-order valence-corrected chi connectivity index (χ3v) is 7.88. The molecule has 1 atom stereocenters. The summed E-state index contributed by atoms with van der Waals surface area (Å²) in [5.74, 6) is 0.955. The molecule has 2 aliphatic heterocycles. The molecule has 1 N–H and O–H groups in total. The van der Waals surface area contributed by atoms with Gasteiger partial charge in [-0.25, -0.2) is 9.79 Å². The number of likely N-dealkylation sites (tertiary alicyclic amines) is 1. The Morgan fingerprint density at radius 1 is 1.23 bits per heavy atom. The van der Waals surface area contributed by atoms with Crippen LogP contribution in [0.25, 0.3) is 10.6 Å². The van der Waals surface area contributed by atoms with E-state index in [-0.39, 0.29) is 17.3 Å². The van der Waals surface area contributed by atoms with Crippen molar-refractivity contribution in [3.8, 4) is 10.6 Å². The minimum absolute atomic E-state index is 0.00839. The zero-order valence-electron chi connectivity index (χ0n) is 22.6. The van der Waals surface area contributed by atoms with Gasteiger partial charge in [-0.05, 0) is 38.8 Å². The molecule has 4 heterocycles. The van der Waals surface area contributed by atoms with Crippen molar-refractivity contribution < 1.29 is 32.7 Å². The van der Waals surface area contributed by atoms with Crippen LogP contribution in [0, 0.1) is 0 Å². The molecule has 4 rings (SSSR count). The van der Waals surface area contributed by atoms with E-state index in [2.05, 4.69) is 34.2 Å². The molecule has 1 fully saturated rings. The highest BCUT2D eigenvalue weighted by Gasteiger charge is 2.40. The molecule has 1 saturated heterocycles. The van der Waals surface area contributed by atoms with Gasteiger partial charge in [0.25, 0.3) is 0 Å². The molecular weight excluding hydrogens is 546 g/mol. The number of aromatic nitrogens is 1. The van der Waals surface area contributed by atoms with E-state index in [1.54, 1.807) is 19.6 Å². The summed E-state index contributed by atoms with van der Waals surface area (Å²) in [6.07, 6.45) is 4.48. The first-order chi connectivity index (χ1) is 18.9. The number of ether oxygens (including phenoxy) is 4. The lowest BCUT2D eigenvalue weighted by molar-refractivity contribution is -0.844. The minimum atomic E-state index is -0.505. The van der Waals surface area contributed by atoms with Crippen LogP contribution in [-0.2, 0) is 25.5 Å². The minimum Gasteiger partial charge on any atom is -0.382 e. The highest BCUT2D eigenvalue weighted by Crippen LogP contribution is 2.33. The summed E-state index contributed by atoms with van der Waals surface area (Å²) in [5, 5.41) is 7.26. The van der Waals surface area contributed by atoms with Gasteiger partial charge in [0.1, 0.15) is 18.4 Å². The molecule has 1 amide bonds. The molecule has 0 spiro atoms. The van der Waals surface area contributed by atoms with Gasteiger partial charge in [0.2, 0.25) is 0 Å². The van der Waals surface area contributed by atoms with Crippen LogP contribution in [0.1, 0.15) is 32.4 Å². The number of quaternary nitrogens is 1. The topological polar surface area (TPSA) is 108 Å². The Hall–Kier alpha value is -2.32. The molecule has 13 heteroatoms. The van der Waals surface area contributed by atoms with Crippen LogP contribution in [0.15, 0.2) is 39.8 Å². The summed E-state index contributed by atoms with van der Waals surface area (Å²) in [6, 6.07) is 6.11. The molecule has 39 heavy (non-hydrogen) atoms. The maximum atomic E-state index is 12.9. The first kappa shape index (κ1) is 29.7. The number of hydrogen-bond acceptors (Lipinski definition) is 10. The monoisotopic (exact) mass is 582 g/mol. The van der Waals surface area contributed by atoms with Crippen molar-refractivity contribution in [2.45, 2.75) is 45.3 Å². The van der Waals surface area contributed by atoms with Gasteiger partial charge >= 0.3 is 12.0 Å². The van der Waals surface area contributed by atoms with Crippen LogP contribution in [0.2, 0.25) is 4.34 Å². The molecule has 0 saturated carbocycles. The van der Waals surface area contributed by atoms with Gasteiger partial charge in [-0.2, -0.15) is 4.48 Å². The molecule has 0 bridgehead atoms. The Bertz CT molecular complexity index is 1130. The standard InChI is InChI=1S/C26H36ClN5O6S/c1-19(2)31-8-6-20(7-9-31)29-26(33)37-25-15-28-17-32(25,18-36-13-12-35-11-10-34-3)16-21-14-22(38-30-21)23-4-5-24(27)39-23/h4-5,14-15,17,19-20H,6-13,16,18H2,1-3H3/p+1. The second-order valence-corrected chi connectivity index (χ2v) is 11.5. The number of thiophene rings is 1. The maximum absolute atomic E-state index is 12.9. The molecule has 11 nitrogen and oxygen atoms in total. The Morgan fingerprint density at radius 2 is 2.00 bits per heavy atom. The molecule has 1 unspecified atom stereocenters. The van der Waals surface area contributed by atoms with Crippen LogP contribution >= 0.6 is 22.9 Å². The maximum Gasteiger partial charge on any atom is 0.416 e. The predicted octanol–water partition coefficient (Wildman–Crippen LogP) is 4.45. The van der Waals surface area contributed by atoms with E-state index in [1.807, 2.05) is 18.2 Å². The largest absolute Gasteiger partial charge is 0.416 e. The summed E-state index contributed by atoms with van der Waals surface area (Å²) in [4.78, 5) is 20.5. The Balaban J connectivity index is 1.39. The average Bonchev–Trinajstić information content (AvgIpc) is 3.65. The third kappa shape index (κ3) is 8.34. The number of methoxy groups -OCH3 is 1. The highest BCUT2D eigenvalue weighted by atomic mass is 35.5. The number of amides is 1. The number of carbonyl (C=O) groups is 1. The quantitative estimate of drug-likeness (QED) is 0.257. The van der Waals surface area contributed by atoms with Gasteiger partial charge in [-0.3, -0.25) is 0 Å². The smallest absolute Gasteiger partial charge is 0.382 e. The fraction of sp³-hybridized carbons (Fsp3) is 0.577. The lowest BCUT2D eigenvalue weighted by atomic mass is 10.0. The number of aliphatic imine (C=N–C) groups is 1. The first-order valence-corrected chi connectivity index (χ1v) is 14.3. The van der Waals surface area contributed by atoms with E-state index in [9.17, 15) is 4.79 Å². The molecule has 0 aliphatic carbocycles. The lowest BCUT2D eigenvalue weighted by Gasteiger charge is -2.35. The summed E-state index contributed by atoms with van der Waals surface area (Å²) < 4.78 is 28.5. The van der Waals surface area contributed by atoms with Crippen molar-refractivity contribution in [2.75, 3.05) is 53.4 Å². The Kier molecular flexibility index (Phi) is 10.9. The molecule has 2 aromatic heterocycles. The van der Waals surface area contributed by atoms with Crippen molar-refractivity contribution >= 4 is 35.4 Å². The fourth-order valence-corrected chi connectivity index (χ4v) is 5.45. The van der Waals surface area contributed by atoms with Crippen molar-refractivity contribution in [2.24, 2.45) is 4.99 Å². The van der Waals surface area contributed by atoms with Crippen LogP contribution in [-0.4, -0.2) is 92.4 Å². The SMILES string of the molecule is COCCOCCOC[N+]1(Cc2cc(-c3ccc(Cl)s3)on2)C=NC=C1OC(=O)NC1CCN(C(C)C)CC1. The van der Waals surface area contributed by atoms with Gasteiger partial charge in [-0.15, -0.1) is 11.3 Å². The summed E-state index contributed by atoms with van der Waals surface area (Å²) in [5.41, 5.74) is 0.652. The number of carbonyl (C=O) groups excluding carboxylic acids is 1. The molecule has 0 radical (unpaired) electrons. The van der Waals surface area contributed by atoms with Gasteiger partial charge in [-0.1, -0.05) is 16.8 Å². The number of halogens is 1. The zero-order valence-corrected chi connectivity index (χ0v) is 24.2. The van der Waals surface area contributed by atoms with Gasteiger partial charge in [0.15, 0.2) is 18.8 Å². The summed E-state index contributed by atoms with van der Waals surface area (Å²) in [7, 11) is 1.63. The second kappa shape index (κ2) is 14.4. The van der Waals surface area contributed by atoms with Crippen molar-refractivity contribution in [3.63, 3.8) is 0 Å². The van der Waals surface area contributed by atoms with E-state index in [1.165, 1.54) is 11.3 Å². The molecular formula is C26H37ClN5O6S+. The molecule has 214 valence electrons. The van der Waals surface area contributed by atoms with Crippen LogP contribution in [0.5, 0.6) is 0 Å². The van der Waals surface area contributed by atoms with Crippen molar-refractivity contribution in [1.82, 2.24) is 15.4 Å². The van der Waals surface area contributed by atoms with E-state index >= 15 is 0 Å². The molecule has 2 aromatic rings. The molecule has 0 aromatic carbocycles. The van der Waals surface area contributed by atoms with E-state index in [0.717, 1.165) is 30.8 Å². The Labute approximate surface area is 237 Å². The number of nitrogens with one attached hydrogen (secondary N) is 1. The summed E-state index contributed by atoms with van der Waals surface area (Å²) >= 11 is 7.49. The first-order valence-electron chi connectivity index (χ1n) is 13.1. The van der Waals surface area contributed by atoms with E-state index < -0.39 is 6.09 Å². The van der Waals surface area contributed by atoms with Crippen molar-refractivity contribution in [1.29, 1.82) is 0 Å². The number of nitrogens with zero attached hydrogens (tertiary/aromatic N) is 4. The number of hydrogen-bond donors (Lipinski definition) is 1. The number of piperidine rings is 1. The number of alkyl carbamates (subject to hydrolysis) is 1. The highest BCUT2D eigenvalue weighted by molar-refractivity contribution is 7.19. The van der Waals surface area contributed by atoms with Crippen LogP contribution in [0.4, 0.5) is 4.79 Å². The normalized spacial score (nSPS) is 20.1. The van der Waals surface area contributed by atoms with Crippen molar-refractivity contribution in [3.05, 3.63) is 40.3 Å². The fourth-order valence-electron chi connectivity index (χ4n) is 4.45. The summed E-state index contributed by atoms with van der Waals surface area (Å²) in [6.45, 7) is 8.49. The van der Waals surface area contributed by atoms with Gasteiger partial charge in [0.05, 0.1) is 35.6 Å². The van der Waals surface area contributed by atoms with Gasteiger partial charge < -0.3 is 33.7 Å². The zero-order chi connectivity index (χ0) is 27.7. The van der Waals surface area contributed by atoms with Crippen LogP contribution in [0.3, 0.4) is 0 Å².